The van der Waals surface area contributed by atoms with Gasteiger partial charge in [0.05, 0.1) is 24.2 Å². The van der Waals surface area contributed by atoms with Gasteiger partial charge in [0.2, 0.25) is 0 Å². The number of aliphatic hydroxyl groups is 3. The molecule has 28 heavy (non-hydrogen) atoms. The highest BCUT2D eigenvalue weighted by molar-refractivity contribution is 5.66. The molecule has 10 nitrogen and oxygen atoms in total. The largest absolute Gasteiger partial charge is 0.400 e. The number of anilines is 2. The van der Waals surface area contributed by atoms with Crippen molar-refractivity contribution in [2.75, 3.05) is 51.1 Å². The van der Waals surface area contributed by atoms with Gasteiger partial charge in [-0.15, -0.1) is 0 Å². The van der Waals surface area contributed by atoms with Gasteiger partial charge in [-0.3, -0.25) is 10.1 Å². The summed E-state index contributed by atoms with van der Waals surface area (Å²) < 4.78 is 5.15. The zero-order valence-corrected chi connectivity index (χ0v) is 16.4. The first-order valence-corrected chi connectivity index (χ1v) is 9.27. The van der Waals surface area contributed by atoms with Gasteiger partial charge in [-0.25, -0.2) is 0 Å². The Morgan fingerprint density at radius 1 is 1.32 bits per heavy atom. The predicted octanol–water partition coefficient (Wildman–Crippen LogP) is 0.703. The molecule has 1 aromatic carbocycles. The van der Waals surface area contributed by atoms with Gasteiger partial charge < -0.3 is 36.8 Å². The van der Waals surface area contributed by atoms with E-state index in [-0.39, 0.29) is 18.4 Å². The van der Waals surface area contributed by atoms with Crippen LogP contribution < -0.4 is 16.8 Å². The smallest absolute Gasteiger partial charge is 0.294 e. The van der Waals surface area contributed by atoms with Crippen molar-refractivity contribution in [2.24, 2.45) is 11.7 Å². The molecule has 0 bridgehead atoms. The predicted molar refractivity (Wildman–Crippen MR) is 109 cm³/mol. The van der Waals surface area contributed by atoms with E-state index in [1.165, 1.54) is 6.07 Å². The molecule has 0 spiro atoms. The lowest BCUT2D eigenvalue weighted by molar-refractivity contribution is -0.383. The average Bonchev–Trinajstić information content (AvgIpc) is 2.70. The summed E-state index contributed by atoms with van der Waals surface area (Å²) in [6, 6.07) is 4.51. The molecule has 10 heteroatoms. The second kappa shape index (κ2) is 16.0. The lowest BCUT2D eigenvalue weighted by atomic mass is 9.88. The monoisotopic (exact) mass is 402 g/mol. The lowest BCUT2D eigenvalue weighted by Gasteiger charge is -2.23. The number of ether oxygens (including phenoxy) is 1. The Balaban J connectivity index is 0.000000556. The molecule has 2 rings (SSSR count). The summed E-state index contributed by atoms with van der Waals surface area (Å²) in [5.74, 6) is 0.369. The standard InChI is InChI=1S/C10H16N4O3.C7H14O2.CH4O/c11-3-5-17-6-4-13-9-2-1-8(12)7-10(9)14(15)16;8-5-6-2-1-3-7(9)4-6;1-2/h1-2,7,13H,3-6,11-12H2;6-9H,1-5H2;2H,1H3. The van der Waals surface area contributed by atoms with E-state index in [0.717, 1.165) is 32.8 Å². The first kappa shape index (κ1) is 26.0. The normalized spacial score (nSPS) is 18.2. The van der Waals surface area contributed by atoms with Gasteiger partial charge in [0, 0.05) is 38.6 Å². The fourth-order valence-corrected chi connectivity index (χ4v) is 2.72. The Hall–Kier alpha value is -1.98. The van der Waals surface area contributed by atoms with E-state index in [2.05, 4.69) is 5.32 Å². The minimum Gasteiger partial charge on any atom is -0.400 e. The topological polar surface area (TPSA) is 177 Å². The highest BCUT2D eigenvalue weighted by Crippen LogP contribution is 2.26. The first-order valence-electron chi connectivity index (χ1n) is 9.27. The van der Waals surface area contributed by atoms with Crippen molar-refractivity contribution in [2.45, 2.75) is 31.8 Å². The van der Waals surface area contributed by atoms with Crippen molar-refractivity contribution in [3.05, 3.63) is 28.3 Å². The number of hydrogen-bond donors (Lipinski definition) is 6. The summed E-state index contributed by atoms with van der Waals surface area (Å²) in [4.78, 5) is 10.3. The van der Waals surface area contributed by atoms with Gasteiger partial charge in [0.15, 0.2) is 0 Å². The van der Waals surface area contributed by atoms with Crippen LogP contribution in [0.25, 0.3) is 0 Å². The molecule has 0 heterocycles. The molecule has 1 aliphatic rings. The van der Waals surface area contributed by atoms with Crippen LogP contribution in [0.2, 0.25) is 0 Å². The Bertz CT molecular complexity index is 547. The molecule has 8 N–H and O–H groups in total. The Labute approximate surface area is 165 Å². The number of benzene rings is 1. The van der Waals surface area contributed by atoms with Gasteiger partial charge in [0.1, 0.15) is 5.69 Å². The van der Waals surface area contributed by atoms with Crippen LogP contribution in [0.5, 0.6) is 0 Å². The third-order valence-electron chi connectivity index (χ3n) is 4.06. The second-order valence-corrected chi connectivity index (χ2v) is 6.23. The Morgan fingerprint density at radius 3 is 2.57 bits per heavy atom. The summed E-state index contributed by atoms with van der Waals surface area (Å²) >= 11 is 0. The molecule has 0 radical (unpaired) electrons. The summed E-state index contributed by atoms with van der Waals surface area (Å²) in [6.07, 6.45) is 3.75. The summed E-state index contributed by atoms with van der Waals surface area (Å²) in [5, 5.41) is 38.5. The number of aliphatic hydroxyl groups excluding tert-OH is 3. The van der Waals surface area contributed by atoms with Gasteiger partial charge in [0.25, 0.3) is 5.69 Å². The van der Waals surface area contributed by atoms with Crippen molar-refractivity contribution in [1.82, 2.24) is 0 Å². The second-order valence-electron chi connectivity index (χ2n) is 6.23. The van der Waals surface area contributed by atoms with Crippen molar-refractivity contribution in [3.8, 4) is 0 Å². The molecule has 0 aromatic heterocycles. The van der Waals surface area contributed by atoms with E-state index < -0.39 is 4.92 Å². The highest BCUT2D eigenvalue weighted by Gasteiger charge is 2.18. The molecule has 1 aliphatic carbocycles. The Morgan fingerprint density at radius 2 is 2.04 bits per heavy atom. The lowest BCUT2D eigenvalue weighted by Crippen LogP contribution is -2.21. The third kappa shape index (κ3) is 11.0. The molecule has 0 amide bonds. The van der Waals surface area contributed by atoms with Gasteiger partial charge in [-0.1, -0.05) is 6.42 Å². The van der Waals surface area contributed by atoms with E-state index in [1.54, 1.807) is 12.1 Å². The van der Waals surface area contributed by atoms with Crippen molar-refractivity contribution < 1.29 is 25.0 Å². The summed E-state index contributed by atoms with van der Waals surface area (Å²) in [6.45, 7) is 2.11. The van der Waals surface area contributed by atoms with E-state index in [9.17, 15) is 10.1 Å². The maximum absolute atomic E-state index is 10.8. The SMILES string of the molecule is CO.NCCOCCNc1ccc(N)cc1[N+](=O)[O-].OCC1CCCC(O)C1. The number of nitro benzene ring substituents is 1. The number of nitrogens with one attached hydrogen (secondary N) is 1. The van der Waals surface area contributed by atoms with Crippen LogP contribution in [0.3, 0.4) is 0 Å². The highest BCUT2D eigenvalue weighted by atomic mass is 16.6. The molecular weight excluding hydrogens is 368 g/mol. The van der Waals surface area contributed by atoms with Crippen molar-refractivity contribution >= 4 is 17.1 Å². The molecule has 162 valence electrons. The summed E-state index contributed by atoms with van der Waals surface area (Å²) in [7, 11) is 1.00. The molecule has 0 aliphatic heterocycles. The maximum atomic E-state index is 10.8. The zero-order chi connectivity index (χ0) is 21.4. The van der Waals surface area contributed by atoms with Crippen LogP contribution in [0.4, 0.5) is 17.1 Å². The number of nitro groups is 1. The summed E-state index contributed by atoms with van der Waals surface area (Å²) in [5.41, 5.74) is 11.5. The van der Waals surface area contributed by atoms with E-state index >= 15 is 0 Å². The fourth-order valence-electron chi connectivity index (χ4n) is 2.72. The average molecular weight is 402 g/mol. The van der Waals surface area contributed by atoms with Crippen LogP contribution in [-0.4, -0.2) is 66.4 Å². The third-order valence-corrected chi connectivity index (χ3v) is 4.06. The molecule has 2 unspecified atom stereocenters. The quantitative estimate of drug-likeness (QED) is 0.158. The maximum Gasteiger partial charge on any atom is 0.294 e. The van der Waals surface area contributed by atoms with E-state index in [1.807, 2.05) is 0 Å². The van der Waals surface area contributed by atoms with Gasteiger partial charge >= 0.3 is 0 Å². The minimum absolute atomic E-state index is 0.0381. The molecule has 0 saturated heterocycles. The molecule has 1 fully saturated rings. The van der Waals surface area contributed by atoms with E-state index in [4.69, 9.17) is 31.5 Å². The first-order chi connectivity index (χ1) is 13.5. The number of nitrogens with two attached hydrogens (primary N) is 2. The van der Waals surface area contributed by atoms with Crippen LogP contribution in [0, 0.1) is 16.0 Å². The number of rotatable bonds is 8. The molecular formula is C18H34N4O6. The molecule has 2 atom stereocenters. The van der Waals surface area contributed by atoms with Gasteiger partial charge in [-0.05, 0) is 37.3 Å². The number of nitrogens with zero attached hydrogens (tertiary/aromatic N) is 1. The van der Waals surface area contributed by atoms with E-state index in [0.29, 0.717) is 43.6 Å². The van der Waals surface area contributed by atoms with Crippen LogP contribution >= 0.6 is 0 Å². The van der Waals surface area contributed by atoms with Crippen molar-refractivity contribution in [1.29, 1.82) is 0 Å². The van der Waals surface area contributed by atoms with Crippen LogP contribution in [0.1, 0.15) is 25.7 Å². The number of nitrogen functional groups attached to an aromatic ring is 1. The van der Waals surface area contributed by atoms with Crippen molar-refractivity contribution in [3.63, 3.8) is 0 Å². The molecule has 1 saturated carbocycles. The fraction of sp³-hybridized carbons (Fsp3) is 0.667. The molecule has 1 aromatic rings. The Kier molecular flexibility index (Phi) is 14.9. The van der Waals surface area contributed by atoms with Crippen LogP contribution in [0.15, 0.2) is 18.2 Å². The zero-order valence-electron chi connectivity index (χ0n) is 16.4. The number of hydrogen-bond acceptors (Lipinski definition) is 9. The van der Waals surface area contributed by atoms with Gasteiger partial charge in [-0.2, -0.15) is 0 Å². The van der Waals surface area contributed by atoms with Crippen LogP contribution in [-0.2, 0) is 4.74 Å². The minimum atomic E-state index is -0.473.